The van der Waals surface area contributed by atoms with Crippen molar-refractivity contribution in [2.75, 3.05) is 47.0 Å². The Labute approximate surface area is 129 Å². The lowest BCUT2D eigenvalue weighted by atomic mass is 10.0. The molecule has 1 atom stereocenters. The maximum Gasteiger partial charge on any atom is 0.123 e. The number of hydrogen-bond donors (Lipinski definition) is 1. The molecule has 0 spiro atoms. The summed E-state index contributed by atoms with van der Waals surface area (Å²) in [7, 11) is 3.73. The Morgan fingerprint density at radius 3 is 2.62 bits per heavy atom. The van der Waals surface area contributed by atoms with Crippen LogP contribution in [0.15, 0.2) is 18.2 Å². The van der Waals surface area contributed by atoms with E-state index >= 15 is 0 Å². The summed E-state index contributed by atoms with van der Waals surface area (Å²) < 4.78 is 11.0. The molecular formula is C17H30N2O2. The zero-order valence-corrected chi connectivity index (χ0v) is 14.1. The molecule has 1 aromatic rings. The number of aryl methyl sites for hydroxylation is 1. The van der Waals surface area contributed by atoms with E-state index in [-0.39, 0.29) is 6.04 Å². The van der Waals surface area contributed by atoms with E-state index in [0.717, 1.165) is 38.6 Å². The van der Waals surface area contributed by atoms with Gasteiger partial charge in [0.15, 0.2) is 0 Å². The number of likely N-dealkylation sites (N-methyl/N-ethyl adjacent to an activating group) is 2. The summed E-state index contributed by atoms with van der Waals surface area (Å²) in [5, 5.41) is 3.41. The van der Waals surface area contributed by atoms with Crippen molar-refractivity contribution >= 4 is 0 Å². The fraction of sp³-hybridized carbons (Fsp3) is 0.647. The van der Waals surface area contributed by atoms with Crippen molar-refractivity contribution in [3.8, 4) is 5.75 Å². The number of ether oxygens (including phenoxy) is 2. The fourth-order valence-corrected chi connectivity index (χ4v) is 2.45. The minimum atomic E-state index is 0.251. The Bertz CT molecular complexity index is 410. The molecule has 0 radical (unpaired) electrons. The molecular weight excluding hydrogens is 264 g/mol. The van der Waals surface area contributed by atoms with Gasteiger partial charge in [-0.15, -0.1) is 0 Å². The zero-order valence-electron chi connectivity index (χ0n) is 14.1. The van der Waals surface area contributed by atoms with Gasteiger partial charge in [-0.3, -0.25) is 4.90 Å². The average molecular weight is 294 g/mol. The summed E-state index contributed by atoms with van der Waals surface area (Å²) in [6.45, 7) is 10.8. The average Bonchev–Trinajstić information content (AvgIpc) is 2.50. The molecule has 0 aliphatic rings. The van der Waals surface area contributed by atoms with Gasteiger partial charge >= 0.3 is 0 Å². The van der Waals surface area contributed by atoms with Gasteiger partial charge in [0.25, 0.3) is 0 Å². The van der Waals surface area contributed by atoms with Crippen LogP contribution >= 0.6 is 0 Å². The van der Waals surface area contributed by atoms with Crippen LogP contribution in [0.3, 0.4) is 0 Å². The summed E-state index contributed by atoms with van der Waals surface area (Å²) in [5.41, 5.74) is 2.47. The summed E-state index contributed by atoms with van der Waals surface area (Å²) >= 11 is 0. The van der Waals surface area contributed by atoms with E-state index in [2.05, 4.69) is 36.2 Å². The van der Waals surface area contributed by atoms with Crippen molar-refractivity contribution in [1.29, 1.82) is 0 Å². The van der Waals surface area contributed by atoms with Crippen molar-refractivity contribution < 1.29 is 9.47 Å². The van der Waals surface area contributed by atoms with Crippen molar-refractivity contribution in [3.05, 3.63) is 29.3 Å². The van der Waals surface area contributed by atoms with Crippen LogP contribution < -0.4 is 10.1 Å². The number of methoxy groups -OCH3 is 1. The standard InChI is InChI=1S/C17H30N2O2/c1-6-19(10-11-21-7-2)13-16(18-4)15-12-14(3)8-9-17(15)20-5/h8-9,12,16,18H,6-7,10-11,13H2,1-5H3. The van der Waals surface area contributed by atoms with Gasteiger partial charge in [0.05, 0.1) is 13.7 Å². The summed E-state index contributed by atoms with van der Waals surface area (Å²) in [6, 6.07) is 6.59. The summed E-state index contributed by atoms with van der Waals surface area (Å²) in [6.07, 6.45) is 0. The topological polar surface area (TPSA) is 33.7 Å². The van der Waals surface area contributed by atoms with Gasteiger partial charge in [0.2, 0.25) is 0 Å². The molecule has 1 rings (SSSR count). The zero-order chi connectivity index (χ0) is 15.7. The second-order valence-electron chi connectivity index (χ2n) is 5.18. The SMILES string of the molecule is CCOCCN(CC)CC(NC)c1cc(C)ccc1OC. The van der Waals surface area contributed by atoms with Gasteiger partial charge in [-0.25, -0.2) is 0 Å². The third-order valence-corrected chi connectivity index (χ3v) is 3.75. The smallest absolute Gasteiger partial charge is 0.123 e. The van der Waals surface area contributed by atoms with Crippen molar-refractivity contribution in [2.45, 2.75) is 26.8 Å². The Kier molecular flexibility index (Phi) is 8.35. The minimum Gasteiger partial charge on any atom is -0.496 e. The third-order valence-electron chi connectivity index (χ3n) is 3.75. The molecule has 4 nitrogen and oxygen atoms in total. The predicted molar refractivity (Wildman–Crippen MR) is 88.1 cm³/mol. The van der Waals surface area contributed by atoms with E-state index < -0.39 is 0 Å². The van der Waals surface area contributed by atoms with Gasteiger partial charge in [-0.2, -0.15) is 0 Å². The molecule has 0 aromatic heterocycles. The lowest BCUT2D eigenvalue weighted by Gasteiger charge is -2.27. The maximum absolute atomic E-state index is 5.51. The Morgan fingerprint density at radius 1 is 1.29 bits per heavy atom. The van der Waals surface area contributed by atoms with E-state index in [1.165, 1.54) is 11.1 Å². The Morgan fingerprint density at radius 2 is 2.05 bits per heavy atom. The monoisotopic (exact) mass is 294 g/mol. The van der Waals surface area contributed by atoms with Crippen molar-refractivity contribution in [1.82, 2.24) is 10.2 Å². The van der Waals surface area contributed by atoms with E-state index in [0.29, 0.717) is 0 Å². The highest BCUT2D eigenvalue weighted by molar-refractivity contribution is 5.39. The molecule has 0 amide bonds. The molecule has 0 fully saturated rings. The molecule has 0 saturated heterocycles. The maximum atomic E-state index is 5.51. The van der Waals surface area contributed by atoms with Crippen LogP contribution in [0.2, 0.25) is 0 Å². The first kappa shape index (κ1) is 18.0. The normalized spacial score (nSPS) is 12.7. The quantitative estimate of drug-likeness (QED) is 0.673. The first-order valence-corrected chi connectivity index (χ1v) is 7.78. The molecule has 1 unspecified atom stereocenters. The highest BCUT2D eigenvalue weighted by Gasteiger charge is 2.17. The largest absolute Gasteiger partial charge is 0.496 e. The number of benzene rings is 1. The molecule has 0 bridgehead atoms. The van der Waals surface area contributed by atoms with E-state index in [4.69, 9.17) is 9.47 Å². The van der Waals surface area contributed by atoms with Crippen molar-refractivity contribution in [3.63, 3.8) is 0 Å². The summed E-state index contributed by atoms with van der Waals surface area (Å²) in [5.74, 6) is 0.945. The highest BCUT2D eigenvalue weighted by Crippen LogP contribution is 2.26. The first-order chi connectivity index (χ1) is 10.2. The third kappa shape index (κ3) is 5.65. The number of nitrogens with zero attached hydrogens (tertiary/aromatic N) is 1. The Balaban J connectivity index is 2.79. The predicted octanol–water partition coefficient (Wildman–Crippen LogP) is 2.62. The van der Waals surface area contributed by atoms with Crippen LogP contribution in [0.1, 0.15) is 31.0 Å². The van der Waals surface area contributed by atoms with E-state index in [1.54, 1.807) is 7.11 Å². The molecule has 1 N–H and O–H groups in total. The molecule has 1 aromatic carbocycles. The number of rotatable bonds is 10. The molecule has 0 aliphatic carbocycles. The molecule has 4 heteroatoms. The second-order valence-corrected chi connectivity index (χ2v) is 5.18. The van der Waals surface area contributed by atoms with Crippen LogP contribution in [0.4, 0.5) is 0 Å². The van der Waals surface area contributed by atoms with E-state index in [9.17, 15) is 0 Å². The van der Waals surface area contributed by atoms with E-state index in [1.807, 2.05) is 20.0 Å². The van der Waals surface area contributed by atoms with Crippen LogP contribution in [0, 0.1) is 6.92 Å². The lowest BCUT2D eigenvalue weighted by molar-refractivity contribution is 0.111. The Hall–Kier alpha value is -1.10. The molecule has 120 valence electrons. The second kappa shape index (κ2) is 9.77. The summed E-state index contributed by atoms with van der Waals surface area (Å²) in [4.78, 5) is 2.40. The van der Waals surface area contributed by atoms with Crippen LogP contribution in [-0.4, -0.2) is 51.9 Å². The fourth-order valence-electron chi connectivity index (χ4n) is 2.45. The number of hydrogen-bond acceptors (Lipinski definition) is 4. The van der Waals surface area contributed by atoms with Crippen LogP contribution in [0.25, 0.3) is 0 Å². The molecule has 0 heterocycles. The molecule has 21 heavy (non-hydrogen) atoms. The van der Waals surface area contributed by atoms with Crippen LogP contribution in [-0.2, 0) is 4.74 Å². The highest BCUT2D eigenvalue weighted by atomic mass is 16.5. The van der Waals surface area contributed by atoms with Gasteiger partial charge in [-0.05, 0) is 33.5 Å². The molecule has 0 aliphatic heterocycles. The first-order valence-electron chi connectivity index (χ1n) is 7.78. The van der Waals surface area contributed by atoms with Crippen molar-refractivity contribution in [2.24, 2.45) is 0 Å². The number of nitrogens with one attached hydrogen (secondary N) is 1. The minimum absolute atomic E-state index is 0.251. The van der Waals surface area contributed by atoms with Gasteiger partial charge in [0, 0.05) is 31.3 Å². The van der Waals surface area contributed by atoms with Crippen LogP contribution in [0.5, 0.6) is 5.75 Å². The van der Waals surface area contributed by atoms with Gasteiger partial charge in [0.1, 0.15) is 5.75 Å². The van der Waals surface area contributed by atoms with Gasteiger partial charge < -0.3 is 14.8 Å². The lowest BCUT2D eigenvalue weighted by Crippen LogP contribution is -2.36. The van der Waals surface area contributed by atoms with Gasteiger partial charge in [-0.1, -0.05) is 24.6 Å². The molecule has 0 saturated carbocycles.